The number of carbonyl (C=O) groups excluding carboxylic acids is 1. The highest BCUT2D eigenvalue weighted by molar-refractivity contribution is 5.83. The monoisotopic (exact) mass is 277 g/mol. The van der Waals surface area contributed by atoms with Crippen molar-refractivity contribution >= 4 is 5.78 Å². The molecule has 0 radical (unpaired) electrons. The molecule has 0 fully saturated rings. The Bertz CT molecular complexity index is 459. The van der Waals surface area contributed by atoms with Crippen molar-refractivity contribution in [3.05, 3.63) is 29.3 Å². The molecule has 4 nitrogen and oxygen atoms in total. The molecule has 1 aromatic carbocycles. The summed E-state index contributed by atoms with van der Waals surface area (Å²) in [5, 5.41) is 0. The van der Waals surface area contributed by atoms with Crippen LogP contribution in [0.2, 0.25) is 0 Å². The second-order valence-electron chi connectivity index (χ2n) is 5.25. The lowest BCUT2D eigenvalue weighted by Crippen LogP contribution is -2.30. The Morgan fingerprint density at radius 1 is 1.50 bits per heavy atom. The van der Waals surface area contributed by atoms with Crippen molar-refractivity contribution in [3.8, 4) is 5.75 Å². The lowest BCUT2D eigenvalue weighted by molar-refractivity contribution is -0.120. The van der Waals surface area contributed by atoms with E-state index in [9.17, 15) is 4.79 Å². The van der Waals surface area contributed by atoms with Gasteiger partial charge in [0.25, 0.3) is 0 Å². The van der Waals surface area contributed by atoms with Crippen molar-refractivity contribution in [2.24, 2.45) is 5.73 Å². The molecule has 1 heterocycles. The molecular formula is C16H23NO3. The predicted molar refractivity (Wildman–Crippen MR) is 78.1 cm³/mol. The minimum atomic E-state index is -0.358. The van der Waals surface area contributed by atoms with Gasteiger partial charge >= 0.3 is 0 Å². The number of fused-ring (bicyclic) bond motifs is 1. The quantitative estimate of drug-likeness (QED) is 0.737. The molecule has 0 saturated heterocycles. The number of hydrogen-bond donors (Lipinski definition) is 1. The summed E-state index contributed by atoms with van der Waals surface area (Å²) in [7, 11) is 1.66. The SMILES string of the molecule is COCCCC(N)C(=O)CCc1ccc2c(c1)CCO2. The van der Waals surface area contributed by atoms with Crippen molar-refractivity contribution in [2.75, 3.05) is 20.3 Å². The summed E-state index contributed by atoms with van der Waals surface area (Å²) in [5.41, 5.74) is 8.32. The van der Waals surface area contributed by atoms with Gasteiger partial charge in [0.1, 0.15) is 11.5 Å². The molecule has 0 amide bonds. The Morgan fingerprint density at radius 2 is 2.35 bits per heavy atom. The van der Waals surface area contributed by atoms with Crippen molar-refractivity contribution in [1.82, 2.24) is 0 Å². The van der Waals surface area contributed by atoms with Gasteiger partial charge in [0, 0.05) is 26.6 Å². The number of nitrogens with two attached hydrogens (primary N) is 1. The summed E-state index contributed by atoms with van der Waals surface area (Å²) in [6.45, 7) is 1.42. The number of benzene rings is 1. The third-order valence-electron chi connectivity index (χ3n) is 3.69. The minimum absolute atomic E-state index is 0.137. The Labute approximate surface area is 120 Å². The van der Waals surface area contributed by atoms with E-state index in [2.05, 4.69) is 6.07 Å². The Hall–Kier alpha value is -1.39. The molecular weight excluding hydrogens is 254 g/mol. The van der Waals surface area contributed by atoms with Crippen LogP contribution in [-0.2, 0) is 22.4 Å². The lowest BCUT2D eigenvalue weighted by Gasteiger charge is -2.10. The number of rotatable bonds is 8. The number of Topliss-reactive ketones (excluding diaryl/α,β-unsaturated/α-hetero) is 1. The van der Waals surface area contributed by atoms with E-state index in [1.165, 1.54) is 11.1 Å². The summed E-state index contributed by atoms with van der Waals surface area (Å²) in [4.78, 5) is 12.0. The van der Waals surface area contributed by atoms with Gasteiger partial charge in [-0.15, -0.1) is 0 Å². The van der Waals surface area contributed by atoms with Crippen LogP contribution in [-0.4, -0.2) is 32.1 Å². The molecule has 1 aliphatic rings. The number of hydrogen-bond acceptors (Lipinski definition) is 4. The Balaban J connectivity index is 1.78. The molecule has 0 aliphatic carbocycles. The van der Waals surface area contributed by atoms with Crippen LogP contribution in [0.15, 0.2) is 18.2 Å². The number of carbonyl (C=O) groups is 1. The Morgan fingerprint density at radius 3 is 3.15 bits per heavy atom. The van der Waals surface area contributed by atoms with Crippen LogP contribution in [0, 0.1) is 0 Å². The topological polar surface area (TPSA) is 61.5 Å². The smallest absolute Gasteiger partial charge is 0.149 e. The zero-order valence-electron chi connectivity index (χ0n) is 12.1. The molecule has 0 aromatic heterocycles. The number of aryl methyl sites for hydroxylation is 1. The summed E-state index contributed by atoms with van der Waals surface area (Å²) in [6.07, 6.45) is 3.76. The lowest BCUT2D eigenvalue weighted by atomic mass is 9.99. The van der Waals surface area contributed by atoms with E-state index >= 15 is 0 Å². The molecule has 110 valence electrons. The normalized spacial score (nSPS) is 14.7. The first-order valence-corrected chi connectivity index (χ1v) is 7.22. The fourth-order valence-electron chi connectivity index (χ4n) is 2.46. The van der Waals surface area contributed by atoms with Crippen molar-refractivity contribution in [3.63, 3.8) is 0 Å². The van der Waals surface area contributed by atoms with Gasteiger partial charge in [-0.2, -0.15) is 0 Å². The van der Waals surface area contributed by atoms with Gasteiger partial charge in [0.05, 0.1) is 12.6 Å². The van der Waals surface area contributed by atoms with E-state index in [0.29, 0.717) is 19.4 Å². The van der Waals surface area contributed by atoms with E-state index in [1.54, 1.807) is 7.11 Å². The molecule has 2 N–H and O–H groups in total. The molecule has 1 aromatic rings. The standard InChI is InChI=1S/C16H23NO3/c1-19-9-2-3-14(17)15(18)6-4-12-5-7-16-13(11-12)8-10-20-16/h5,7,11,14H,2-4,6,8-10,17H2,1H3. The van der Waals surface area contributed by atoms with E-state index in [0.717, 1.165) is 31.6 Å². The molecule has 1 unspecified atom stereocenters. The van der Waals surface area contributed by atoms with Crippen LogP contribution in [0.5, 0.6) is 5.75 Å². The highest BCUT2D eigenvalue weighted by Gasteiger charge is 2.15. The van der Waals surface area contributed by atoms with E-state index in [-0.39, 0.29) is 11.8 Å². The second-order valence-corrected chi connectivity index (χ2v) is 5.25. The summed E-state index contributed by atoms with van der Waals surface area (Å²) in [6, 6.07) is 5.82. The number of ether oxygens (including phenoxy) is 2. The van der Waals surface area contributed by atoms with Gasteiger partial charge in [0.2, 0.25) is 0 Å². The van der Waals surface area contributed by atoms with Crippen LogP contribution >= 0.6 is 0 Å². The largest absolute Gasteiger partial charge is 0.493 e. The molecule has 4 heteroatoms. The minimum Gasteiger partial charge on any atom is -0.493 e. The first kappa shape index (κ1) is 15.0. The zero-order valence-corrected chi connectivity index (χ0v) is 12.1. The Kier molecular flexibility index (Phi) is 5.56. The van der Waals surface area contributed by atoms with E-state index in [4.69, 9.17) is 15.2 Å². The zero-order chi connectivity index (χ0) is 14.4. The fourth-order valence-corrected chi connectivity index (χ4v) is 2.46. The van der Waals surface area contributed by atoms with Crippen LogP contribution in [0.4, 0.5) is 0 Å². The van der Waals surface area contributed by atoms with Crippen LogP contribution in [0.1, 0.15) is 30.4 Å². The molecule has 0 spiro atoms. The third-order valence-corrected chi connectivity index (χ3v) is 3.69. The fraction of sp³-hybridized carbons (Fsp3) is 0.562. The van der Waals surface area contributed by atoms with Crippen molar-refractivity contribution < 1.29 is 14.3 Å². The van der Waals surface area contributed by atoms with Crippen LogP contribution in [0.25, 0.3) is 0 Å². The van der Waals surface area contributed by atoms with Gasteiger partial charge in [-0.3, -0.25) is 4.79 Å². The predicted octanol–water partition coefficient (Wildman–Crippen LogP) is 1.88. The van der Waals surface area contributed by atoms with Crippen molar-refractivity contribution in [2.45, 2.75) is 38.1 Å². The first-order chi connectivity index (χ1) is 9.70. The van der Waals surface area contributed by atoms with E-state index in [1.807, 2.05) is 12.1 Å². The average Bonchev–Trinajstić information content (AvgIpc) is 2.92. The van der Waals surface area contributed by atoms with Gasteiger partial charge < -0.3 is 15.2 Å². The second kappa shape index (κ2) is 7.41. The molecule has 1 aliphatic heterocycles. The number of methoxy groups -OCH3 is 1. The summed E-state index contributed by atoms with van der Waals surface area (Å²) in [5.74, 6) is 1.12. The molecule has 0 bridgehead atoms. The van der Waals surface area contributed by atoms with Crippen LogP contribution in [0.3, 0.4) is 0 Å². The van der Waals surface area contributed by atoms with Crippen LogP contribution < -0.4 is 10.5 Å². The maximum atomic E-state index is 12.0. The van der Waals surface area contributed by atoms with Gasteiger partial charge in [0.15, 0.2) is 0 Å². The van der Waals surface area contributed by atoms with Crippen molar-refractivity contribution in [1.29, 1.82) is 0 Å². The molecule has 20 heavy (non-hydrogen) atoms. The molecule has 2 rings (SSSR count). The highest BCUT2D eigenvalue weighted by Crippen LogP contribution is 2.26. The number of ketones is 1. The summed E-state index contributed by atoms with van der Waals surface area (Å²) >= 11 is 0. The average molecular weight is 277 g/mol. The highest BCUT2D eigenvalue weighted by atomic mass is 16.5. The van der Waals surface area contributed by atoms with Gasteiger partial charge in [-0.05, 0) is 36.5 Å². The maximum absolute atomic E-state index is 12.0. The third kappa shape index (κ3) is 4.05. The van der Waals surface area contributed by atoms with E-state index < -0.39 is 0 Å². The maximum Gasteiger partial charge on any atom is 0.149 e. The molecule has 0 saturated carbocycles. The van der Waals surface area contributed by atoms with Gasteiger partial charge in [-0.1, -0.05) is 12.1 Å². The molecule has 1 atom stereocenters. The first-order valence-electron chi connectivity index (χ1n) is 7.22. The summed E-state index contributed by atoms with van der Waals surface area (Å²) < 4.78 is 10.4. The van der Waals surface area contributed by atoms with Gasteiger partial charge in [-0.25, -0.2) is 0 Å².